The number of aromatic nitrogens is 3. The molecule has 1 fully saturated rings. The first-order chi connectivity index (χ1) is 14.6. The van der Waals surface area contributed by atoms with Gasteiger partial charge in [0.1, 0.15) is 12.4 Å². The van der Waals surface area contributed by atoms with E-state index in [4.69, 9.17) is 0 Å². The summed E-state index contributed by atoms with van der Waals surface area (Å²) in [4.78, 5) is 23.5. The van der Waals surface area contributed by atoms with E-state index in [1.54, 1.807) is 30.5 Å². The van der Waals surface area contributed by atoms with Crippen LogP contribution < -0.4 is 10.2 Å². The van der Waals surface area contributed by atoms with E-state index in [2.05, 4.69) is 20.2 Å². The molecule has 1 aromatic carbocycles. The highest BCUT2D eigenvalue weighted by atomic mass is 32.2. The van der Waals surface area contributed by atoms with Crippen LogP contribution in [0, 0.1) is 0 Å². The Bertz CT molecular complexity index is 1000. The molecule has 0 spiro atoms. The van der Waals surface area contributed by atoms with Gasteiger partial charge in [-0.25, -0.2) is 9.97 Å². The molecule has 0 aliphatic carbocycles. The van der Waals surface area contributed by atoms with Crippen LogP contribution in [0.5, 0.6) is 0 Å². The molecular weight excluding hydrogens is 408 g/mol. The molecule has 30 heavy (non-hydrogen) atoms. The number of carbonyl (C=O) groups is 1. The molecular formula is C21H23F2N5OS. The van der Waals surface area contributed by atoms with Crippen LogP contribution in [0.15, 0.2) is 47.8 Å². The first-order valence-corrected chi connectivity index (χ1v) is 10.8. The maximum Gasteiger partial charge on any atom is 0.291 e. The normalized spacial score (nSPS) is 14.4. The van der Waals surface area contributed by atoms with Gasteiger partial charge in [0.05, 0.1) is 11.0 Å². The molecule has 0 radical (unpaired) electrons. The molecule has 158 valence electrons. The number of para-hydroxylation sites is 2. The first kappa shape index (κ1) is 20.6. The number of amides is 1. The van der Waals surface area contributed by atoms with E-state index < -0.39 is 5.76 Å². The number of alkyl halides is 2. The van der Waals surface area contributed by atoms with Crippen LogP contribution in [0.1, 0.15) is 24.8 Å². The zero-order chi connectivity index (χ0) is 20.9. The van der Waals surface area contributed by atoms with E-state index in [0.29, 0.717) is 29.3 Å². The molecule has 1 saturated heterocycles. The largest absolute Gasteiger partial charge is 0.357 e. The van der Waals surface area contributed by atoms with Crippen LogP contribution >= 0.6 is 11.8 Å². The fourth-order valence-electron chi connectivity index (χ4n) is 3.61. The number of benzene rings is 1. The number of hydrogen-bond donors (Lipinski definition) is 1. The average Bonchev–Trinajstić information content (AvgIpc) is 3.09. The van der Waals surface area contributed by atoms with E-state index in [-0.39, 0.29) is 17.6 Å². The zero-order valence-corrected chi connectivity index (χ0v) is 17.2. The lowest BCUT2D eigenvalue weighted by Gasteiger charge is -2.27. The van der Waals surface area contributed by atoms with Gasteiger partial charge in [0, 0.05) is 25.8 Å². The van der Waals surface area contributed by atoms with E-state index in [1.807, 2.05) is 12.1 Å². The quantitative estimate of drug-likeness (QED) is 0.572. The van der Waals surface area contributed by atoms with Gasteiger partial charge in [-0.15, -0.1) is 0 Å². The molecule has 0 bridgehead atoms. The number of halogens is 2. The maximum absolute atomic E-state index is 12.9. The van der Waals surface area contributed by atoms with Gasteiger partial charge in [-0.3, -0.25) is 4.79 Å². The van der Waals surface area contributed by atoms with Gasteiger partial charge in [-0.05, 0) is 54.8 Å². The van der Waals surface area contributed by atoms with E-state index in [0.717, 1.165) is 24.5 Å². The van der Waals surface area contributed by atoms with E-state index >= 15 is 0 Å². The van der Waals surface area contributed by atoms with Crippen LogP contribution in [0.4, 0.5) is 14.6 Å². The molecule has 0 atom stereocenters. The Morgan fingerprint density at radius 1 is 1.13 bits per heavy atom. The minimum atomic E-state index is -2.60. The molecule has 0 saturated carbocycles. The summed E-state index contributed by atoms with van der Waals surface area (Å²) in [5.41, 5.74) is 2.14. The summed E-state index contributed by atoms with van der Waals surface area (Å²) in [5.74, 6) is -1.91. The number of nitrogens with zero attached hydrogens (tertiary/aromatic N) is 4. The number of rotatable bonds is 7. The van der Waals surface area contributed by atoms with Crippen molar-refractivity contribution in [2.45, 2.75) is 43.3 Å². The van der Waals surface area contributed by atoms with Crippen molar-refractivity contribution in [2.75, 3.05) is 18.0 Å². The summed E-state index contributed by atoms with van der Waals surface area (Å²) in [7, 11) is 0. The van der Waals surface area contributed by atoms with Crippen molar-refractivity contribution < 1.29 is 13.6 Å². The second-order valence-corrected chi connectivity index (χ2v) is 8.15. The smallest absolute Gasteiger partial charge is 0.291 e. The summed E-state index contributed by atoms with van der Waals surface area (Å²) < 4.78 is 27.3. The molecule has 0 unspecified atom stereocenters. The number of hydrogen-bond acceptors (Lipinski definition) is 5. The molecule has 1 amide bonds. The topological polar surface area (TPSA) is 63.1 Å². The van der Waals surface area contributed by atoms with Gasteiger partial charge in [-0.2, -0.15) is 8.78 Å². The van der Waals surface area contributed by atoms with Crippen LogP contribution in [-0.2, 0) is 17.9 Å². The van der Waals surface area contributed by atoms with Gasteiger partial charge < -0.3 is 14.8 Å². The van der Waals surface area contributed by atoms with Crippen LogP contribution in [-0.4, -0.2) is 39.3 Å². The standard InChI is InChI=1S/C21H23F2N5OS/c22-20(23)30-21-26-16-6-2-3-7-17(16)28(21)14-19(29)25-13-15-8-9-18(24-12-15)27-10-4-1-5-11-27/h2-3,6-9,12,20H,1,4-5,10-11,13-14H2,(H,25,29). The van der Waals surface area contributed by atoms with Crippen molar-refractivity contribution in [3.63, 3.8) is 0 Å². The van der Waals surface area contributed by atoms with Gasteiger partial charge in [-0.1, -0.05) is 18.2 Å². The predicted molar refractivity (Wildman–Crippen MR) is 114 cm³/mol. The Morgan fingerprint density at radius 2 is 1.93 bits per heavy atom. The molecule has 3 heterocycles. The Balaban J connectivity index is 1.39. The highest BCUT2D eigenvalue weighted by Crippen LogP contribution is 2.28. The number of fused-ring (bicyclic) bond motifs is 1. The molecule has 3 aromatic rings. The summed E-state index contributed by atoms with van der Waals surface area (Å²) in [6.07, 6.45) is 5.42. The fraction of sp³-hybridized carbons (Fsp3) is 0.381. The third kappa shape index (κ3) is 4.89. The van der Waals surface area contributed by atoms with Gasteiger partial charge in [0.2, 0.25) is 5.91 Å². The van der Waals surface area contributed by atoms with Crippen LogP contribution in [0.3, 0.4) is 0 Å². The van der Waals surface area contributed by atoms with Crippen molar-refractivity contribution in [2.24, 2.45) is 0 Å². The second kappa shape index (κ2) is 9.42. The monoisotopic (exact) mass is 431 g/mol. The SMILES string of the molecule is O=C(Cn1c(SC(F)F)nc2ccccc21)NCc1ccc(N2CCCCC2)nc1. The molecule has 1 N–H and O–H groups in total. The molecule has 2 aromatic heterocycles. The number of thioether (sulfide) groups is 1. The molecule has 6 nitrogen and oxygen atoms in total. The molecule has 1 aliphatic rings. The molecule has 1 aliphatic heterocycles. The highest BCUT2D eigenvalue weighted by Gasteiger charge is 2.18. The van der Waals surface area contributed by atoms with Gasteiger partial charge in [0.25, 0.3) is 5.76 Å². The second-order valence-electron chi connectivity index (χ2n) is 7.20. The minimum absolute atomic E-state index is 0.0745. The zero-order valence-electron chi connectivity index (χ0n) is 16.4. The lowest BCUT2D eigenvalue weighted by Crippen LogP contribution is -2.30. The summed E-state index contributed by atoms with van der Waals surface area (Å²) in [5, 5.41) is 2.98. The number of piperidine rings is 1. The summed E-state index contributed by atoms with van der Waals surface area (Å²) in [6.45, 7) is 2.31. The van der Waals surface area contributed by atoms with Crippen molar-refractivity contribution in [3.8, 4) is 0 Å². The fourth-order valence-corrected chi connectivity index (χ4v) is 4.21. The Hall–Kier alpha value is -2.68. The number of imidazole rings is 1. The molecule has 4 rings (SSSR count). The summed E-state index contributed by atoms with van der Waals surface area (Å²) in [6, 6.07) is 11.0. The minimum Gasteiger partial charge on any atom is -0.357 e. The Morgan fingerprint density at radius 3 is 2.67 bits per heavy atom. The third-order valence-electron chi connectivity index (χ3n) is 5.09. The summed E-state index contributed by atoms with van der Waals surface area (Å²) >= 11 is 0.346. The van der Waals surface area contributed by atoms with Crippen molar-refractivity contribution in [1.29, 1.82) is 0 Å². The van der Waals surface area contributed by atoms with Gasteiger partial charge in [0.15, 0.2) is 5.16 Å². The number of nitrogens with one attached hydrogen (secondary N) is 1. The maximum atomic E-state index is 12.9. The van der Waals surface area contributed by atoms with E-state index in [9.17, 15) is 13.6 Å². The number of anilines is 1. The van der Waals surface area contributed by atoms with Gasteiger partial charge >= 0.3 is 0 Å². The third-order valence-corrected chi connectivity index (χ3v) is 5.80. The predicted octanol–water partition coefficient (Wildman–Crippen LogP) is 4.05. The Labute approximate surface area is 177 Å². The number of pyridine rings is 1. The van der Waals surface area contributed by atoms with Crippen molar-refractivity contribution >= 4 is 34.5 Å². The van der Waals surface area contributed by atoms with Crippen molar-refractivity contribution in [1.82, 2.24) is 19.9 Å². The van der Waals surface area contributed by atoms with E-state index in [1.165, 1.54) is 23.8 Å². The van der Waals surface area contributed by atoms with Crippen molar-refractivity contribution in [3.05, 3.63) is 48.2 Å². The average molecular weight is 432 g/mol. The lowest BCUT2D eigenvalue weighted by molar-refractivity contribution is -0.121. The van der Waals surface area contributed by atoms with Crippen LogP contribution in [0.2, 0.25) is 0 Å². The Kier molecular flexibility index (Phi) is 6.47. The van der Waals surface area contributed by atoms with Crippen LogP contribution in [0.25, 0.3) is 11.0 Å². The highest BCUT2D eigenvalue weighted by molar-refractivity contribution is 7.99. The number of carbonyl (C=O) groups excluding carboxylic acids is 1. The first-order valence-electron chi connectivity index (χ1n) is 9.97. The molecule has 9 heteroatoms. The lowest BCUT2D eigenvalue weighted by atomic mass is 10.1.